The number of para-hydroxylation sites is 1. The van der Waals surface area contributed by atoms with Gasteiger partial charge in [-0.25, -0.2) is 8.78 Å². The van der Waals surface area contributed by atoms with Crippen molar-refractivity contribution in [1.29, 1.82) is 0 Å². The molecule has 1 atom stereocenters. The second-order valence-corrected chi connectivity index (χ2v) is 5.04. The van der Waals surface area contributed by atoms with Gasteiger partial charge in [-0.1, -0.05) is 18.2 Å². The number of amides is 1. The average molecular weight is 288 g/mol. The van der Waals surface area contributed by atoms with Gasteiger partial charge in [0.2, 0.25) is 0 Å². The number of halogens is 2. The molecule has 1 amide bonds. The number of benzene rings is 2. The maximum Gasteiger partial charge on any atom is 0.254 e. The minimum atomic E-state index is -0.850. The molecule has 2 aromatic carbocycles. The first-order chi connectivity index (χ1) is 10.1. The number of rotatable bonds is 2. The SMILES string of the molecule is O=C(NC1CNc2ccccc2C1)c1ccc(F)cc1F. The maximum absolute atomic E-state index is 13.6. The van der Waals surface area contributed by atoms with Gasteiger partial charge >= 0.3 is 0 Å². The zero-order valence-electron chi connectivity index (χ0n) is 11.2. The molecule has 5 heteroatoms. The quantitative estimate of drug-likeness (QED) is 0.892. The Morgan fingerprint density at radius 3 is 2.81 bits per heavy atom. The number of fused-ring (bicyclic) bond motifs is 1. The van der Waals surface area contributed by atoms with E-state index in [4.69, 9.17) is 0 Å². The smallest absolute Gasteiger partial charge is 0.254 e. The van der Waals surface area contributed by atoms with Gasteiger partial charge in [-0.05, 0) is 30.2 Å². The lowest BCUT2D eigenvalue weighted by molar-refractivity contribution is 0.0934. The number of hydrogen-bond donors (Lipinski definition) is 2. The number of carbonyl (C=O) groups excluding carboxylic acids is 1. The molecule has 1 unspecified atom stereocenters. The summed E-state index contributed by atoms with van der Waals surface area (Å²) in [5.41, 5.74) is 2.01. The van der Waals surface area contributed by atoms with Crippen LogP contribution in [-0.2, 0) is 6.42 Å². The summed E-state index contributed by atoms with van der Waals surface area (Å²) < 4.78 is 26.4. The van der Waals surface area contributed by atoms with Gasteiger partial charge in [0.15, 0.2) is 0 Å². The molecule has 0 fully saturated rings. The Bertz CT molecular complexity index is 688. The first-order valence-corrected chi connectivity index (χ1v) is 6.71. The van der Waals surface area contributed by atoms with Crippen molar-refractivity contribution in [2.24, 2.45) is 0 Å². The second kappa shape index (κ2) is 5.52. The van der Waals surface area contributed by atoms with Crippen molar-refractivity contribution < 1.29 is 13.6 Å². The van der Waals surface area contributed by atoms with Crippen LogP contribution in [0.2, 0.25) is 0 Å². The van der Waals surface area contributed by atoms with Crippen LogP contribution in [0.5, 0.6) is 0 Å². The lowest BCUT2D eigenvalue weighted by Gasteiger charge is -2.27. The lowest BCUT2D eigenvalue weighted by atomic mass is 9.99. The molecule has 3 rings (SSSR count). The van der Waals surface area contributed by atoms with Gasteiger partial charge in [0.1, 0.15) is 11.6 Å². The van der Waals surface area contributed by atoms with Crippen LogP contribution in [0.25, 0.3) is 0 Å². The number of anilines is 1. The van der Waals surface area contributed by atoms with E-state index in [-0.39, 0.29) is 11.6 Å². The van der Waals surface area contributed by atoms with E-state index in [9.17, 15) is 13.6 Å². The molecule has 1 aliphatic rings. The Kier molecular flexibility index (Phi) is 3.56. The fourth-order valence-corrected chi connectivity index (χ4v) is 2.48. The van der Waals surface area contributed by atoms with Crippen molar-refractivity contribution >= 4 is 11.6 Å². The molecule has 0 aliphatic carbocycles. The van der Waals surface area contributed by atoms with Gasteiger partial charge in [0, 0.05) is 18.3 Å². The maximum atomic E-state index is 13.6. The van der Waals surface area contributed by atoms with Gasteiger partial charge in [-0.2, -0.15) is 0 Å². The molecular formula is C16H14F2N2O. The highest BCUT2D eigenvalue weighted by Crippen LogP contribution is 2.21. The summed E-state index contributed by atoms with van der Waals surface area (Å²) >= 11 is 0. The summed E-state index contributed by atoms with van der Waals surface area (Å²) in [4.78, 5) is 12.1. The molecule has 3 nitrogen and oxygen atoms in total. The topological polar surface area (TPSA) is 41.1 Å². The van der Waals surface area contributed by atoms with Crippen molar-refractivity contribution in [3.8, 4) is 0 Å². The second-order valence-electron chi connectivity index (χ2n) is 5.04. The summed E-state index contributed by atoms with van der Waals surface area (Å²) in [7, 11) is 0. The van der Waals surface area contributed by atoms with Crippen molar-refractivity contribution in [2.45, 2.75) is 12.5 Å². The van der Waals surface area contributed by atoms with Gasteiger partial charge in [-0.15, -0.1) is 0 Å². The molecule has 0 saturated carbocycles. The van der Waals surface area contributed by atoms with E-state index in [1.54, 1.807) is 0 Å². The van der Waals surface area contributed by atoms with E-state index in [1.165, 1.54) is 0 Å². The van der Waals surface area contributed by atoms with Crippen LogP contribution in [0.1, 0.15) is 15.9 Å². The molecular weight excluding hydrogens is 274 g/mol. The Morgan fingerprint density at radius 2 is 2.00 bits per heavy atom. The fourth-order valence-electron chi connectivity index (χ4n) is 2.48. The molecule has 0 aromatic heterocycles. The first kappa shape index (κ1) is 13.5. The van der Waals surface area contributed by atoms with Gasteiger partial charge in [-0.3, -0.25) is 4.79 Å². The van der Waals surface area contributed by atoms with E-state index in [2.05, 4.69) is 10.6 Å². The molecule has 21 heavy (non-hydrogen) atoms. The van der Waals surface area contributed by atoms with Crippen LogP contribution in [0.4, 0.5) is 14.5 Å². The fraction of sp³-hybridized carbons (Fsp3) is 0.188. The van der Waals surface area contributed by atoms with Crippen LogP contribution >= 0.6 is 0 Å². The largest absolute Gasteiger partial charge is 0.383 e. The molecule has 108 valence electrons. The summed E-state index contributed by atoms with van der Waals surface area (Å²) in [5, 5.41) is 6.00. The van der Waals surface area contributed by atoms with Crippen molar-refractivity contribution in [3.63, 3.8) is 0 Å². The highest BCUT2D eigenvalue weighted by Gasteiger charge is 2.21. The minimum Gasteiger partial charge on any atom is -0.383 e. The molecule has 0 saturated heterocycles. The molecule has 1 aliphatic heterocycles. The first-order valence-electron chi connectivity index (χ1n) is 6.71. The minimum absolute atomic E-state index is 0.128. The Hall–Kier alpha value is -2.43. The lowest BCUT2D eigenvalue weighted by Crippen LogP contribution is -2.43. The number of carbonyl (C=O) groups is 1. The number of hydrogen-bond acceptors (Lipinski definition) is 2. The Balaban J connectivity index is 1.71. The molecule has 2 N–H and O–H groups in total. The van der Waals surface area contributed by atoms with Crippen LogP contribution in [-0.4, -0.2) is 18.5 Å². The van der Waals surface area contributed by atoms with Crippen molar-refractivity contribution in [1.82, 2.24) is 5.32 Å². The Labute approximate surface area is 121 Å². The van der Waals surface area contributed by atoms with Crippen LogP contribution in [0, 0.1) is 11.6 Å². The number of nitrogens with one attached hydrogen (secondary N) is 2. The third-order valence-corrected chi connectivity index (χ3v) is 3.53. The van der Waals surface area contributed by atoms with E-state index in [1.807, 2.05) is 24.3 Å². The standard InChI is InChI=1S/C16H14F2N2O/c17-11-5-6-13(14(18)8-11)16(21)20-12-7-10-3-1-2-4-15(10)19-9-12/h1-6,8,12,19H,7,9H2,(H,20,21). The zero-order chi connectivity index (χ0) is 14.8. The van der Waals surface area contributed by atoms with E-state index < -0.39 is 17.5 Å². The van der Waals surface area contributed by atoms with Crippen molar-refractivity contribution in [3.05, 3.63) is 65.2 Å². The van der Waals surface area contributed by atoms with Gasteiger partial charge < -0.3 is 10.6 Å². The van der Waals surface area contributed by atoms with Crippen LogP contribution < -0.4 is 10.6 Å². The molecule has 0 radical (unpaired) electrons. The van der Waals surface area contributed by atoms with Crippen molar-refractivity contribution in [2.75, 3.05) is 11.9 Å². The van der Waals surface area contributed by atoms with Gasteiger partial charge in [0.05, 0.1) is 11.6 Å². The van der Waals surface area contributed by atoms with Crippen LogP contribution in [0.15, 0.2) is 42.5 Å². The predicted octanol–water partition coefficient (Wildman–Crippen LogP) is 2.73. The Morgan fingerprint density at radius 1 is 1.19 bits per heavy atom. The third kappa shape index (κ3) is 2.86. The zero-order valence-corrected chi connectivity index (χ0v) is 11.2. The third-order valence-electron chi connectivity index (χ3n) is 3.53. The van der Waals surface area contributed by atoms with E-state index >= 15 is 0 Å². The predicted molar refractivity (Wildman–Crippen MR) is 76.2 cm³/mol. The molecule has 0 bridgehead atoms. The van der Waals surface area contributed by atoms with E-state index in [0.29, 0.717) is 19.0 Å². The summed E-state index contributed by atoms with van der Waals surface area (Å²) in [6.07, 6.45) is 0.678. The normalized spacial score (nSPS) is 16.8. The monoisotopic (exact) mass is 288 g/mol. The summed E-state index contributed by atoms with van der Waals surface area (Å²) in [5.74, 6) is -2.08. The molecule has 0 spiro atoms. The average Bonchev–Trinajstić information content (AvgIpc) is 2.47. The van der Waals surface area contributed by atoms with Crippen LogP contribution in [0.3, 0.4) is 0 Å². The molecule has 1 heterocycles. The van der Waals surface area contributed by atoms with Gasteiger partial charge in [0.25, 0.3) is 5.91 Å². The summed E-state index contributed by atoms with van der Waals surface area (Å²) in [6.45, 7) is 0.575. The molecule has 2 aromatic rings. The summed E-state index contributed by atoms with van der Waals surface area (Å²) in [6, 6.07) is 10.7. The highest BCUT2D eigenvalue weighted by atomic mass is 19.1. The van der Waals surface area contributed by atoms with E-state index in [0.717, 1.165) is 23.4 Å². The highest BCUT2D eigenvalue weighted by molar-refractivity contribution is 5.94.